The molecule has 3 aromatic rings. The quantitative estimate of drug-likeness (QED) is 0.343. The van der Waals surface area contributed by atoms with E-state index in [1.807, 2.05) is 47.3 Å². The van der Waals surface area contributed by atoms with Crippen LogP contribution in [0.15, 0.2) is 67.4 Å². The fourth-order valence-electron chi connectivity index (χ4n) is 3.92. The van der Waals surface area contributed by atoms with Crippen molar-refractivity contribution >= 4 is 12.2 Å². The first-order valence-electron chi connectivity index (χ1n) is 10.7. The average Bonchev–Trinajstić information content (AvgIpc) is 3.42. The Hall–Kier alpha value is -3.74. The molecule has 164 valence electrons. The van der Waals surface area contributed by atoms with Crippen LogP contribution in [-0.4, -0.2) is 38.1 Å². The second-order valence-electron chi connectivity index (χ2n) is 7.76. The van der Waals surface area contributed by atoms with Crippen LogP contribution in [0.5, 0.6) is 5.75 Å². The summed E-state index contributed by atoms with van der Waals surface area (Å²) < 4.78 is 7.84. The third-order valence-electron chi connectivity index (χ3n) is 5.64. The van der Waals surface area contributed by atoms with E-state index in [-0.39, 0.29) is 18.6 Å². The van der Waals surface area contributed by atoms with Gasteiger partial charge in [-0.15, -0.1) is 11.7 Å². The summed E-state index contributed by atoms with van der Waals surface area (Å²) in [5.74, 6) is 0.600. The van der Waals surface area contributed by atoms with Crippen molar-refractivity contribution in [3.8, 4) is 5.75 Å². The zero-order valence-corrected chi connectivity index (χ0v) is 17.9. The Bertz CT molecular complexity index is 1090. The summed E-state index contributed by atoms with van der Waals surface area (Å²) >= 11 is 0. The van der Waals surface area contributed by atoms with Gasteiger partial charge in [0.25, 0.3) is 5.91 Å². The van der Waals surface area contributed by atoms with Crippen molar-refractivity contribution in [2.45, 2.75) is 45.0 Å². The molecule has 0 bridgehead atoms. The molecule has 1 atom stereocenters. The lowest BCUT2D eigenvalue weighted by Crippen LogP contribution is -2.34. The fraction of sp³-hybridized carbons (Fsp3) is 0.280. The maximum absolute atomic E-state index is 12.9. The lowest BCUT2D eigenvalue weighted by atomic mass is 10.1. The molecule has 1 aliphatic heterocycles. The fourth-order valence-corrected chi connectivity index (χ4v) is 3.92. The minimum absolute atomic E-state index is 0.0619. The molecule has 1 aliphatic rings. The van der Waals surface area contributed by atoms with E-state index in [1.165, 1.54) is 5.56 Å². The Kier molecular flexibility index (Phi) is 6.75. The predicted octanol–water partition coefficient (Wildman–Crippen LogP) is 3.59. The number of hydrogen-bond acceptors (Lipinski definition) is 5. The van der Waals surface area contributed by atoms with E-state index >= 15 is 0 Å². The van der Waals surface area contributed by atoms with Gasteiger partial charge in [0.2, 0.25) is 0 Å². The first-order chi connectivity index (χ1) is 15.7. The summed E-state index contributed by atoms with van der Waals surface area (Å²) in [4.78, 5) is 25.4. The van der Waals surface area contributed by atoms with Crippen molar-refractivity contribution < 1.29 is 14.3 Å². The van der Waals surface area contributed by atoms with Gasteiger partial charge in [0.15, 0.2) is 0 Å². The van der Waals surface area contributed by atoms with E-state index in [0.717, 1.165) is 30.5 Å². The molecular weight excluding hydrogens is 404 g/mol. The van der Waals surface area contributed by atoms with Gasteiger partial charge in [0, 0.05) is 24.1 Å². The summed E-state index contributed by atoms with van der Waals surface area (Å²) in [5.41, 5.74) is 3.46. The number of carbonyl (C=O) groups is 2. The summed E-state index contributed by atoms with van der Waals surface area (Å²) in [6.45, 7) is 5.28. The average molecular weight is 431 g/mol. The number of carbonyl (C=O) groups excluding carboxylic acids is 2. The van der Waals surface area contributed by atoms with Gasteiger partial charge in [0.05, 0.1) is 18.8 Å². The van der Waals surface area contributed by atoms with Crippen LogP contribution in [0, 0.1) is 0 Å². The molecule has 0 spiro atoms. The monoisotopic (exact) mass is 430 g/mol. The van der Waals surface area contributed by atoms with E-state index in [9.17, 15) is 9.59 Å². The van der Waals surface area contributed by atoms with E-state index in [4.69, 9.17) is 4.74 Å². The normalized spacial score (nSPS) is 13.6. The number of nitrogens with zero attached hydrogens (tertiary/aromatic N) is 4. The second kappa shape index (κ2) is 10.0. The summed E-state index contributed by atoms with van der Waals surface area (Å²) in [7, 11) is 0. The molecule has 1 amide bonds. The van der Waals surface area contributed by atoms with Crippen molar-refractivity contribution in [3.05, 3.63) is 89.8 Å². The second-order valence-corrected chi connectivity index (χ2v) is 7.76. The Labute approximate surface area is 187 Å². The highest BCUT2D eigenvalue weighted by molar-refractivity contribution is 5.99. The van der Waals surface area contributed by atoms with Crippen LogP contribution in [-0.2, 0) is 30.9 Å². The molecule has 0 radical (unpaired) electrons. The molecular formula is C25H26N4O3. The molecule has 7 nitrogen and oxygen atoms in total. The maximum atomic E-state index is 12.9. The smallest absolute Gasteiger partial charge is 0.255 e. The number of ether oxygens (including phenoxy) is 1. The number of hydrogen-bond donors (Lipinski definition) is 0. The predicted molar refractivity (Wildman–Crippen MR) is 120 cm³/mol. The van der Waals surface area contributed by atoms with Gasteiger partial charge in [-0.3, -0.25) is 9.48 Å². The SMILES string of the molecule is C=CC(CCC=O)N1Cc2c(OCc3cn(CCc4ccccc4)nn3)cccc2C1=O. The van der Waals surface area contributed by atoms with Gasteiger partial charge in [-0.1, -0.05) is 47.7 Å². The number of benzene rings is 2. The Morgan fingerprint density at radius 3 is 2.78 bits per heavy atom. The number of aldehydes is 1. The lowest BCUT2D eigenvalue weighted by molar-refractivity contribution is -0.108. The third-order valence-corrected chi connectivity index (χ3v) is 5.64. The van der Waals surface area contributed by atoms with Crippen molar-refractivity contribution in [1.82, 2.24) is 19.9 Å². The molecule has 7 heteroatoms. The summed E-state index contributed by atoms with van der Waals surface area (Å²) in [6, 6.07) is 15.6. The molecule has 1 unspecified atom stereocenters. The van der Waals surface area contributed by atoms with Crippen molar-refractivity contribution in [3.63, 3.8) is 0 Å². The van der Waals surface area contributed by atoms with E-state index in [0.29, 0.717) is 30.7 Å². The first-order valence-corrected chi connectivity index (χ1v) is 10.7. The third kappa shape index (κ3) is 4.77. The van der Waals surface area contributed by atoms with Gasteiger partial charge >= 0.3 is 0 Å². The first kappa shape index (κ1) is 21.5. The molecule has 0 saturated heterocycles. The molecule has 2 heterocycles. The lowest BCUT2D eigenvalue weighted by Gasteiger charge is -2.24. The molecule has 4 rings (SSSR count). The molecule has 0 N–H and O–H groups in total. The molecule has 0 fully saturated rings. The van der Waals surface area contributed by atoms with Crippen molar-refractivity contribution in [2.75, 3.05) is 0 Å². The Balaban J connectivity index is 1.39. The molecule has 1 aromatic heterocycles. The Morgan fingerprint density at radius 1 is 1.16 bits per heavy atom. The van der Waals surface area contributed by atoms with Crippen LogP contribution >= 0.6 is 0 Å². The highest BCUT2D eigenvalue weighted by Gasteiger charge is 2.33. The number of rotatable bonds is 11. The van der Waals surface area contributed by atoms with Crippen LogP contribution < -0.4 is 4.74 Å². The highest BCUT2D eigenvalue weighted by Crippen LogP contribution is 2.33. The van der Waals surface area contributed by atoms with Gasteiger partial charge in [-0.05, 0) is 30.5 Å². The number of fused-ring (bicyclic) bond motifs is 1. The van der Waals surface area contributed by atoms with Gasteiger partial charge in [0.1, 0.15) is 24.3 Å². The Morgan fingerprint density at radius 2 is 2.00 bits per heavy atom. The van der Waals surface area contributed by atoms with Crippen LogP contribution in [0.1, 0.15) is 40.0 Å². The van der Waals surface area contributed by atoms with Crippen LogP contribution in [0.25, 0.3) is 0 Å². The van der Waals surface area contributed by atoms with Gasteiger partial charge in [-0.2, -0.15) is 0 Å². The van der Waals surface area contributed by atoms with Gasteiger partial charge in [-0.25, -0.2) is 0 Å². The topological polar surface area (TPSA) is 77.3 Å². The minimum atomic E-state index is -0.183. The maximum Gasteiger partial charge on any atom is 0.255 e. The summed E-state index contributed by atoms with van der Waals surface area (Å²) in [6.07, 6.45) is 6.31. The molecule has 0 saturated carbocycles. The highest BCUT2D eigenvalue weighted by atomic mass is 16.5. The van der Waals surface area contributed by atoms with E-state index in [1.54, 1.807) is 11.0 Å². The number of aryl methyl sites for hydroxylation is 2. The van der Waals surface area contributed by atoms with E-state index < -0.39 is 0 Å². The van der Waals surface area contributed by atoms with Crippen LogP contribution in [0.3, 0.4) is 0 Å². The van der Waals surface area contributed by atoms with Crippen molar-refractivity contribution in [2.24, 2.45) is 0 Å². The van der Waals surface area contributed by atoms with Gasteiger partial charge < -0.3 is 14.4 Å². The van der Waals surface area contributed by atoms with Crippen LogP contribution in [0.2, 0.25) is 0 Å². The molecule has 32 heavy (non-hydrogen) atoms. The largest absolute Gasteiger partial charge is 0.487 e. The van der Waals surface area contributed by atoms with E-state index in [2.05, 4.69) is 29.0 Å². The number of aromatic nitrogens is 3. The zero-order chi connectivity index (χ0) is 22.3. The minimum Gasteiger partial charge on any atom is -0.487 e. The number of amides is 1. The molecule has 0 aliphatic carbocycles. The van der Waals surface area contributed by atoms with Crippen LogP contribution in [0.4, 0.5) is 0 Å². The zero-order valence-electron chi connectivity index (χ0n) is 17.9. The molecule has 2 aromatic carbocycles. The van der Waals surface area contributed by atoms with Crippen molar-refractivity contribution in [1.29, 1.82) is 0 Å². The standard InChI is InChI=1S/C25H26N4O3/c1-2-21(10-7-15-30)29-17-23-22(25(29)31)11-6-12-24(23)32-18-20-16-28(27-26-20)14-13-19-8-4-3-5-9-19/h2-6,8-9,11-12,15-16,21H,1,7,10,13-14,17-18H2. The summed E-state index contributed by atoms with van der Waals surface area (Å²) in [5, 5.41) is 8.39.